The maximum Gasteiger partial charge on any atom is 0.270 e. The van der Waals surface area contributed by atoms with E-state index in [4.69, 9.17) is 0 Å². The van der Waals surface area contributed by atoms with E-state index in [9.17, 15) is 14.9 Å². The molecule has 0 saturated heterocycles. The van der Waals surface area contributed by atoms with E-state index in [0.29, 0.717) is 10.9 Å². The third-order valence-electron chi connectivity index (χ3n) is 2.24. The number of nitrogens with zero attached hydrogens (tertiary/aromatic N) is 1. The van der Waals surface area contributed by atoms with Gasteiger partial charge >= 0.3 is 0 Å². The third kappa shape index (κ3) is 1.57. The van der Waals surface area contributed by atoms with Gasteiger partial charge in [0.1, 0.15) is 0 Å². The minimum Gasteiger partial charge on any atom is -0.298 e. The normalized spacial score (nSPS) is 10.1. The third-order valence-corrected chi connectivity index (χ3v) is 2.24. The molecule has 0 aliphatic carbocycles. The van der Waals surface area contributed by atoms with Crippen LogP contribution in [0.15, 0.2) is 36.4 Å². The van der Waals surface area contributed by atoms with Crippen LogP contribution >= 0.6 is 0 Å². The number of fused-ring (bicyclic) bond motifs is 1. The Kier molecular flexibility index (Phi) is 2.17. The number of hydrogen-bond acceptors (Lipinski definition) is 3. The van der Waals surface area contributed by atoms with E-state index < -0.39 is 4.92 Å². The summed E-state index contributed by atoms with van der Waals surface area (Å²) in [5.74, 6) is 0. The van der Waals surface area contributed by atoms with E-state index in [-0.39, 0.29) is 5.69 Å². The van der Waals surface area contributed by atoms with E-state index in [1.54, 1.807) is 24.3 Å². The summed E-state index contributed by atoms with van der Waals surface area (Å²) in [6.07, 6.45) is 0.744. The van der Waals surface area contributed by atoms with Crippen LogP contribution in [-0.2, 0) is 0 Å². The van der Waals surface area contributed by atoms with E-state index >= 15 is 0 Å². The average Bonchev–Trinajstić information content (AvgIpc) is 2.27. The second-order valence-corrected chi connectivity index (χ2v) is 3.13. The molecule has 15 heavy (non-hydrogen) atoms. The molecule has 0 radical (unpaired) electrons. The molecule has 2 aromatic carbocycles. The van der Waals surface area contributed by atoms with Crippen molar-refractivity contribution in [3.05, 3.63) is 52.1 Å². The van der Waals surface area contributed by atoms with E-state index in [1.807, 2.05) is 0 Å². The summed E-state index contributed by atoms with van der Waals surface area (Å²) in [5.41, 5.74) is 0.577. The molecule has 0 saturated carbocycles. The number of aldehydes is 1. The summed E-state index contributed by atoms with van der Waals surface area (Å²) < 4.78 is 0. The van der Waals surface area contributed by atoms with Crippen LogP contribution in [0.5, 0.6) is 0 Å². The molecule has 0 N–H and O–H groups in total. The Bertz CT molecular complexity index is 549. The second kappa shape index (κ2) is 3.49. The van der Waals surface area contributed by atoms with E-state index in [1.165, 1.54) is 12.1 Å². The first kappa shape index (κ1) is 9.33. The van der Waals surface area contributed by atoms with Gasteiger partial charge in [-0.2, -0.15) is 0 Å². The van der Waals surface area contributed by atoms with Crippen molar-refractivity contribution in [2.45, 2.75) is 0 Å². The van der Waals surface area contributed by atoms with Gasteiger partial charge in [-0.15, -0.1) is 0 Å². The number of carbonyl (C=O) groups is 1. The summed E-state index contributed by atoms with van der Waals surface area (Å²) >= 11 is 0. The van der Waals surface area contributed by atoms with Crippen LogP contribution in [0.25, 0.3) is 10.8 Å². The summed E-state index contributed by atoms with van der Waals surface area (Å²) in [4.78, 5) is 20.8. The van der Waals surface area contributed by atoms with Crippen LogP contribution in [0.2, 0.25) is 0 Å². The number of non-ortho nitro benzene ring substituents is 1. The first-order valence-electron chi connectivity index (χ1n) is 4.35. The van der Waals surface area contributed by atoms with E-state index in [2.05, 4.69) is 0 Å². The largest absolute Gasteiger partial charge is 0.298 e. The van der Waals surface area contributed by atoms with Gasteiger partial charge in [0.05, 0.1) is 4.92 Å². The van der Waals surface area contributed by atoms with Crippen LogP contribution < -0.4 is 0 Å². The second-order valence-electron chi connectivity index (χ2n) is 3.13. The van der Waals surface area contributed by atoms with Crippen LogP contribution in [0.1, 0.15) is 10.4 Å². The van der Waals surface area contributed by atoms with Crippen molar-refractivity contribution >= 4 is 22.7 Å². The molecule has 0 heterocycles. The van der Waals surface area contributed by atoms with Gasteiger partial charge in [-0.25, -0.2) is 0 Å². The first-order valence-corrected chi connectivity index (χ1v) is 4.35. The molecular weight excluding hydrogens is 194 g/mol. The Morgan fingerprint density at radius 3 is 2.67 bits per heavy atom. The van der Waals surface area contributed by atoms with Crippen molar-refractivity contribution in [3.63, 3.8) is 0 Å². The molecule has 0 atom stereocenters. The molecule has 0 amide bonds. The fourth-order valence-electron chi connectivity index (χ4n) is 1.51. The van der Waals surface area contributed by atoms with Gasteiger partial charge in [0.25, 0.3) is 5.69 Å². The smallest absolute Gasteiger partial charge is 0.270 e. The SMILES string of the molecule is O=Cc1cccc2cc([N+](=O)[O-])ccc12. The van der Waals surface area contributed by atoms with Crippen LogP contribution in [0.3, 0.4) is 0 Å². The van der Waals surface area contributed by atoms with Crippen LogP contribution in [0, 0.1) is 10.1 Å². The fourth-order valence-corrected chi connectivity index (χ4v) is 1.51. The van der Waals surface area contributed by atoms with Gasteiger partial charge in [-0.1, -0.05) is 18.2 Å². The highest BCUT2D eigenvalue weighted by molar-refractivity contribution is 5.98. The van der Waals surface area contributed by atoms with Gasteiger partial charge in [-0.05, 0) is 16.8 Å². The lowest BCUT2D eigenvalue weighted by atomic mass is 10.1. The lowest BCUT2D eigenvalue weighted by Gasteiger charge is -1.99. The molecule has 74 valence electrons. The van der Waals surface area contributed by atoms with Gasteiger partial charge in [0.2, 0.25) is 0 Å². The van der Waals surface area contributed by atoms with Gasteiger partial charge in [-0.3, -0.25) is 14.9 Å². The number of hydrogen-bond donors (Lipinski definition) is 0. The van der Waals surface area contributed by atoms with Gasteiger partial charge in [0, 0.05) is 17.7 Å². The number of carbonyl (C=O) groups excluding carboxylic acids is 1. The maximum atomic E-state index is 10.7. The quantitative estimate of drug-likeness (QED) is 0.426. The molecule has 4 nitrogen and oxygen atoms in total. The molecule has 0 aromatic heterocycles. The predicted molar refractivity (Wildman–Crippen MR) is 56.0 cm³/mol. The Morgan fingerprint density at radius 1 is 1.20 bits per heavy atom. The predicted octanol–water partition coefficient (Wildman–Crippen LogP) is 2.56. The maximum absolute atomic E-state index is 10.7. The van der Waals surface area contributed by atoms with Crippen LogP contribution in [-0.4, -0.2) is 11.2 Å². The topological polar surface area (TPSA) is 60.2 Å². The lowest BCUT2D eigenvalue weighted by Crippen LogP contribution is -1.89. The lowest BCUT2D eigenvalue weighted by molar-refractivity contribution is -0.384. The molecule has 2 rings (SSSR count). The Morgan fingerprint density at radius 2 is 2.00 bits per heavy atom. The highest BCUT2D eigenvalue weighted by atomic mass is 16.6. The van der Waals surface area contributed by atoms with Crippen molar-refractivity contribution in [1.29, 1.82) is 0 Å². The van der Waals surface area contributed by atoms with Crippen molar-refractivity contribution in [2.24, 2.45) is 0 Å². The monoisotopic (exact) mass is 201 g/mol. The fraction of sp³-hybridized carbons (Fsp3) is 0. The summed E-state index contributed by atoms with van der Waals surface area (Å²) in [7, 11) is 0. The van der Waals surface area contributed by atoms with E-state index in [0.717, 1.165) is 11.7 Å². The molecule has 0 unspecified atom stereocenters. The number of benzene rings is 2. The zero-order valence-electron chi connectivity index (χ0n) is 7.71. The Labute approximate surface area is 85.3 Å². The zero-order valence-corrected chi connectivity index (χ0v) is 7.71. The minimum absolute atomic E-state index is 0.0329. The number of rotatable bonds is 2. The Balaban J connectivity index is 2.74. The summed E-state index contributed by atoms with van der Waals surface area (Å²) in [6, 6.07) is 9.58. The minimum atomic E-state index is -0.451. The first-order chi connectivity index (χ1) is 7.22. The molecule has 4 heteroatoms. The van der Waals surface area contributed by atoms with Gasteiger partial charge < -0.3 is 0 Å². The standard InChI is InChI=1S/C11H7NO3/c13-7-9-3-1-2-8-6-10(12(14)15)4-5-11(8)9/h1-7H. The highest BCUT2D eigenvalue weighted by Crippen LogP contribution is 2.22. The highest BCUT2D eigenvalue weighted by Gasteiger charge is 2.07. The zero-order chi connectivity index (χ0) is 10.8. The summed E-state index contributed by atoms with van der Waals surface area (Å²) in [6.45, 7) is 0. The number of nitro groups is 1. The molecule has 0 bridgehead atoms. The molecule has 0 fully saturated rings. The molecule has 0 aliphatic heterocycles. The van der Waals surface area contributed by atoms with Crippen molar-refractivity contribution in [2.75, 3.05) is 0 Å². The number of nitro benzene ring substituents is 1. The van der Waals surface area contributed by atoms with Crippen LogP contribution in [0.4, 0.5) is 5.69 Å². The average molecular weight is 201 g/mol. The Hall–Kier alpha value is -2.23. The molecule has 0 spiro atoms. The van der Waals surface area contributed by atoms with Gasteiger partial charge in [0.15, 0.2) is 6.29 Å². The van der Waals surface area contributed by atoms with Crippen molar-refractivity contribution < 1.29 is 9.72 Å². The molecule has 2 aromatic rings. The van der Waals surface area contributed by atoms with Crippen molar-refractivity contribution in [3.8, 4) is 0 Å². The summed E-state index contributed by atoms with van der Waals surface area (Å²) in [5, 5.41) is 12.0. The molecular formula is C11H7NO3. The van der Waals surface area contributed by atoms with Crippen molar-refractivity contribution in [1.82, 2.24) is 0 Å². The molecule has 0 aliphatic rings.